The van der Waals surface area contributed by atoms with Crippen LogP contribution in [0.1, 0.15) is 102 Å². The van der Waals surface area contributed by atoms with E-state index in [9.17, 15) is 38.4 Å². The maximum Gasteiger partial charge on any atom is 0.253 e. The number of nitrogens with one attached hydrogen (secondary N) is 2. The highest BCUT2D eigenvalue weighted by Crippen LogP contribution is 2.14. The Morgan fingerprint density at radius 3 is 1.25 bits per heavy atom. The second-order valence-corrected chi connectivity index (χ2v) is 15.7. The highest BCUT2D eigenvalue weighted by Gasteiger charge is 2.24. The lowest BCUT2D eigenvalue weighted by atomic mass is 10.0. The molecule has 2 rings (SSSR count). The molecule has 0 radical (unpaired) electrons. The lowest BCUT2D eigenvalue weighted by molar-refractivity contribution is -0.139. The Balaban J connectivity index is -0.000000169. The minimum absolute atomic E-state index is 0. The molecule has 4 N–H and O–H groups in total. The zero-order valence-electron chi connectivity index (χ0n) is 26.3. The molecule has 0 aromatic rings. The van der Waals surface area contributed by atoms with E-state index in [-0.39, 0.29) is 122 Å². The highest BCUT2D eigenvalue weighted by molar-refractivity contribution is 8.40. The molecule has 13 nitrogen and oxygen atoms in total. The quantitative estimate of drug-likeness (QED) is 0.0766. The Morgan fingerprint density at radius 1 is 0.635 bits per heavy atom. The van der Waals surface area contributed by atoms with Gasteiger partial charge in [-0.3, -0.25) is 48.2 Å². The molecule has 0 aromatic carbocycles. The molecule has 2 aliphatic heterocycles. The van der Waals surface area contributed by atoms with Crippen molar-refractivity contribution in [2.45, 2.75) is 102 Å². The van der Waals surface area contributed by atoms with Crippen LogP contribution in [-0.4, -0.2) is 82.9 Å². The van der Waals surface area contributed by atoms with E-state index in [1.807, 2.05) is 6.92 Å². The summed E-state index contributed by atoms with van der Waals surface area (Å²) in [6.07, 6.45) is 9.63. The largest absolute Gasteiger partial charge is 0.369 e. The molecule has 19 heteroatoms. The summed E-state index contributed by atoms with van der Waals surface area (Å²) in [7, 11) is 2.12. The van der Waals surface area contributed by atoms with Crippen LogP contribution in [0.4, 0.5) is 0 Å². The summed E-state index contributed by atoms with van der Waals surface area (Å²) in [5.74, 6) is -2.41. The number of nitrogens with two attached hydrogens (primary N) is 1. The minimum Gasteiger partial charge on any atom is -0.369 e. The van der Waals surface area contributed by atoms with Gasteiger partial charge in [0.05, 0.1) is 7.36 Å². The molecule has 0 unspecified atom stereocenters. The molecule has 0 aromatic heterocycles. The number of rotatable bonds is 20. The molecule has 0 spiro atoms. The zero-order valence-corrected chi connectivity index (χ0v) is 31.4. The molecule has 0 saturated heterocycles. The van der Waals surface area contributed by atoms with Gasteiger partial charge in [-0.15, -0.1) is 0 Å². The molecule has 2 heterocycles. The summed E-state index contributed by atoms with van der Waals surface area (Å²) in [4.78, 5) is 92.5. The fourth-order valence-corrected chi connectivity index (χ4v) is 4.72. The number of hydrogen-bond donors (Lipinski definition) is 3. The maximum absolute atomic E-state index is 11.6. The summed E-state index contributed by atoms with van der Waals surface area (Å²) >= 11 is 13.5. The molecular formula is C33H60N5O8P3S3. The monoisotopic (exact) mass is 843 g/mol. The van der Waals surface area contributed by atoms with Crippen LogP contribution in [0.15, 0.2) is 24.3 Å². The van der Waals surface area contributed by atoms with E-state index >= 15 is 0 Å². The number of imide groups is 2. The fourth-order valence-electron chi connectivity index (χ4n) is 3.87. The van der Waals surface area contributed by atoms with E-state index in [0.29, 0.717) is 26.9 Å². The Kier molecular flexibility index (Phi) is 43.4. The number of hydrogen-bond acceptors (Lipinski definition) is 11. The first kappa shape index (κ1) is 61.4. The van der Waals surface area contributed by atoms with Crippen molar-refractivity contribution in [3.05, 3.63) is 24.3 Å². The molecule has 0 fully saturated rings. The van der Waals surface area contributed by atoms with Gasteiger partial charge >= 0.3 is 0 Å². The van der Waals surface area contributed by atoms with Gasteiger partial charge < -0.3 is 16.4 Å². The Labute approximate surface area is 331 Å². The van der Waals surface area contributed by atoms with Gasteiger partial charge in [-0.25, -0.2) is 0 Å². The van der Waals surface area contributed by atoms with Crippen LogP contribution in [0, 0.1) is 11.8 Å². The summed E-state index contributed by atoms with van der Waals surface area (Å²) in [6, 6.07) is 0. The van der Waals surface area contributed by atoms with Gasteiger partial charge in [0, 0.05) is 89.2 Å². The van der Waals surface area contributed by atoms with Crippen LogP contribution in [0.5, 0.6) is 0 Å². The molecule has 2 aliphatic rings. The van der Waals surface area contributed by atoms with Crippen LogP contribution in [-0.2, 0) is 73.8 Å². The standard InChI is InChI=1S/C14H21N3O4.C14H19N2O4PS.5CH4.P2S2/c1-10(14(15)21)4-2-3-8-16-11(18)7-9-17-12(19)5-6-13(17)20;1-10(14(20)21-22)4-2-3-8-15-11(17)7-9-16-12(18)5-6-13(16)19;;;;;;3-1-2-4/h5-6,10H,2-4,7-9H2,1H3,(H2,15,21)(H,16,18);5-6,10H,2-4,7-9H2,1H3,(H,15,17);5*1H4;/t2*10-;;;;;;/m00....../s1. The number of amides is 7. The topological polar surface area (TPSA) is 193 Å². The van der Waals surface area contributed by atoms with Gasteiger partial charge in [0.15, 0.2) is 5.52 Å². The third kappa shape index (κ3) is 28.0. The molecule has 298 valence electrons. The van der Waals surface area contributed by atoms with Crippen LogP contribution >= 0.6 is 21.4 Å². The van der Waals surface area contributed by atoms with E-state index in [1.54, 1.807) is 6.92 Å². The van der Waals surface area contributed by atoms with Gasteiger partial charge in [-0.05, 0) is 61.1 Å². The van der Waals surface area contributed by atoms with Crippen molar-refractivity contribution in [1.29, 1.82) is 0 Å². The van der Waals surface area contributed by atoms with E-state index in [1.165, 1.54) is 24.3 Å². The van der Waals surface area contributed by atoms with Crippen LogP contribution in [0.25, 0.3) is 0 Å². The van der Waals surface area contributed by atoms with Crippen LogP contribution in [0.2, 0.25) is 0 Å². The van der Waals surface area contributed by atoms with Crippen LogP contribution < -0.4 is 16.4 Å². The second kappa shape index (κ2) is 36.7. The van der Waals surface area contributed by atoms with Gasteiger partial charge in [0.25, 0.3) is 23.6 Å². The number of carbonyl (C=O) groups excluding carboxylic acids is 8. The lowest BCUT2D eigenvalue weighted by Gasteiger charge is -2.13. The Hall–Kier alpha value is -2.60. The molecule has 52 heavy (non-hydrogen) atoms. The lowest BCUT2D eigenvalue weighted by Crippen LogP contribution is -2.35. The summed E-state index contributed by atoms with van der Waals surface area (Å²) < 4.78 is 0. The Bertz CT molecular complexity index is 1210. The normalized spacial score (nSPS) is 13.4. The highest BCUT2D eigenvalue weighted by atomic mass is 32.7. The van der Waals surface area contributed by atoms with Gasteiger partial charge in [0.1, 0.15) is 0 Å². The SMILES string of the molecule is C.C.C.C.C.C[C@@H](CCCCNC(=O)CCN1C(=O)C=CC1=O)C(=O)P=S.C[C@@H](CCCCNC(=O)CCN1C(=O)C=CC1=O)C(N)=O.S=PP=S. The summed E-state index contributed by atoms with van der Waals surface area (Å²) in [5.41, 5.74) is 5.21. The predicted octanol–water partition coefficient (Wildman–Crippen LogP) is 5.77. The van der Waals surface area contributed by atoms with Crippen molar-refractivity contribution < 1.29 is 38.4 Å². The van der Waals surface area contributed by atoms with Crippen molar-refractivity contribution in [3.8, 4) is 0 Å². The van der Waals surface area contributed by atoms with Gasteiger partial charge in [-0.1, -0.05) is 63.8 Å². The van der Waals surface area contributed by atoms with Crippen LogP contribution in [0.3, 0.4) is 0 Å². The number of primary amides is 1. The van der Waals surface area contributed by atoms with Gasteiger partial charge in [-0.2, -0.15) is 0 Å². The molecular weight excluding hydrogens is 784 g/mol. The number of nitrogens with zero attached hydrogens (tertiary/aromatic N) is 2. The molecule has 0 saturated carbocycles. The minimum atomic E-state index is -0.381. The fraction of sp³-hybridized carbons (Fsp3) is 0.636. The first-order valence-corrected chi connectivity index (χ1v) is 21.1. The first-order chi connectivity index (χ1) is 22.3. The van der Waals surface area contributed by atoms with Crippen molar-refractivity contribution in [2.24, 2.45) is 17.6 Å². The Morgan fingerprint density at radius 2 is 0.962 bits per heavy atom. The third-order valence-corrected chi connectivity index (χ3v) is 10.6. The van der Waals surface area contributed by atoms with Crippen molar-refractivity contribution in [1.82, 2.24) is 20.4 Å². The zero-order chi connectivity index (χ0) is 35.8. The van der Waals surface area contributed by atoms with Crippen molar-refractivity contribution in [2.75, 3.05) is 26.2 Å². The van der Waals surface area contributed by atoms with Crippen molar-refractivity contribution >= 4 is 104 Å². The van der Waals surface area contributed by atoms with Crippen molar-refractivity contribution in [3.63, 3.8) is 0 Å². The predicted molar refractivity (Wildman–Crippen MR) is 224 cm³/mol. The van der Waals surface area contributed by atoms with E-state index in [4.69, 9.17) is 5.73 Å². The first-order valence-electron chi connectivity index (χ1n) is 14.7. The second-order valence-electron chi connectivity index (χ2n) is 10.3. The smallest absolute Gasteiger partial charge is 0.253 e. The molecule has 0 bridgehead atoms. The average Bonchev–Trinajstić information content (AvgIpc) is 3.55. The molecule has 7 amide bonds. The van der Waals surface area contributed by atoms with E-state index in [2.05, 4.69) is 46.1 Å². The summed E-state index contributed by atoms with van der Waals surface area (Å²) in [5, 5.41) is 5.45. The molecule has 0 aliphatic carbocycles. The van der Waals surface area contributed by atoms with E-state index in [0.717, 1.165) is 56.0 Å². The van der Waals surface area contributed by atoms with E-state index < -0.39 is 0 Å². The number of unbranched alkanes of at least 4 members (excludes halogenated alkanes) is 2. The van der Waals surface area contributed by atoms with Gasteiger partial charge in [0.2, 0.25) is 17.7 Å². The maximum atomic E-state index is 11.6. The third-order valence-electron chi connectivity index (χ3n) is 6.73. The molecule has 2 atom stereocenters. The number of carbonyl (C=O) groups is 8. The summed E-state index contributed by atoms with van der Waals surface area (Å²) in [6.45, 7) is 4.85. The average molecular weight is 844 g/mol.